The number of sulfonamides is 1. The van der Waals surface area contributed by atoms with Gasteiger partial charge in [-0.2, -0.15) is 0 Å². The summed E-state index contributed by atoms with van der Waals surface area (Å²) in [6.45, 7) is 2.76. The molecule has 3 rings (SSSR count). The van der Waals surface area contributed by atoms with E-state index in [4.69, 9.17) is 16.3 Å². The summed E-state index contributed by atoms with van der Waals surface area (Å²) in [6.07, 6.45) is -0.294. The summed E-state index contributed by atoms with van der Waals surface area (Å²) in [5.74, 6) is -0.875. The van der Waals surface area contributed by atoms with Crippen LogP contribution in [0.2, 0.25) is 5.02 Å². The van der Waals surface area contributed by atoms with Crippen LogP contribution in [0.1, 0.15) is 5.56 Å². The fraction of sp³-hybridized carbons (Fsp3) is 0.333. The fourth-order valence-corrected chi connectivity index (χ4v) is 4.15. The molecule has 1 aliphatic rings. The van der Waals surface area contributed by atoms with Gasteiger partial charge < -0.3 is 4.74 Å². The number of morpholine rings is 1. The first kappa shape index (κ1) is 19.3. The van der Waals surface area contributed by atoms with E-state index in [1.54, 1.807) is 0 Å². The zero-order chi connectivity index (χ0) is 18.6. The Balaban J connectivity index is 1.58. The molecule has 0 saturated carbocycles. The molecule has 2 aromatic rings. The van der Waals surface area contributed by atoms with Crippen molar-refractivity contribution >= 4 is 21.6 Å². The van der Waals surface area contributed by atoms with Crippen molar-refractivity contribution in [1.82, 2.24) is 9.62 Å². The average Bonchev–Trinajstić information content (AvgIpc) is 2.61. The Morgan fingerprint density at radius 2 is 2.00 bits per heavy atom. The van der Waals surface area contributed by atoms with E-state index >= 15 is 0 Å². The molecule has 5 nitrogen and oxygen atoms in total. The Labute approximate surface area is 157 Å². The van der Waals surface area contributed by atoms with Crippen molar-refractivity contribution in [2.75, 3.05) is 26.2 Å². The van der Waals surface area contributed by atoms with Crippen LogP contribution in [0.4, 0.5) is 4.39 Å². The maximum Gasteiger partial charge on any atom is 0.243 e. The number of rotatable bonds is 6. The van der Waals surface area contributed by atoms with Gasteiger partial charge in [0.1, 0.15) is 10.7 Å². The lowest BCUT2D eigenvalue weighted by Crippen LogP contribution is -2.47. The maximum atomic E-state index is 13.9. The van der Waals surface area contributed by atoms with Gasteiger partial charge in [-0.25, -0.2) is 17.5 Å². The van der Waals surface area contributed by atoms with Gasteiger partial charge in [-0.3, -0.25) is 4.90 Å². The first-order valence-electron chi connectivity index (χ1n) is 8.26. The Hall–Kier alpha value is -1.51. The normalized spacial score (nSPS) is 18.8. The number of nitrogens with one attached hydrogen (secondary N) is 1. The molecular weight excluding hydrogens is 379 g/mol. The summed E-state index contributed by atoms with van der Waals surface area (Å²) in [6, 6.07) is 13.5. The molecule has 0 radical (unpaired) electrons. The van der Waals surface area contributed by atoms with E-state index in [2.05, 4.69) is 21.8 Å². The van der Waals surface area contributed by atoms with Crippen LogP contribution in [-0.4, -0.2) is 45.7 Å². The molecule has 0 bridgehead atoms. The van der Waals surface area contributed by atoms with E-state index < -0.39 is 20.7 Å². The molecule has 0 aliphatic carbocycles. The molecule has 1 atom stereocenters. The number of benzene rings is 2. The van der Waals surface area contributed by atoms with Crippen LogP contribution < -0.4 is 4.72 Å². The molecule has 1 aliphatic heterocycles. The van der Waals surface area contributed by atoms with Gasteiger partial charge in [-0.15, -0.1) is 0 Å². The first-order chi connectivity index (χ1) is 12.4. The highest BCUT2D eigenvalue weighted by atomic mass is 35.5. The summed E-state index contributed by atoms with van der Waals surface area (Å²) in [5.41, 5.74) is 1.19. The molecule has 1 saturated heterocycles. The molecule has 1 heterocycles. The molecule has 26 heavy (non-hydrogen) atoms. The second-order valence-electron chi connectivity index (χ2n) is 6.14. The summed E-state index contributed by atoms with van der Waals surface area (Å²) < 4.78 is 46.6. The van der Waals surface area contributed by atoms with Crippen molar-refractivity contribution in [3.63, 3.8) is 0 Å². The van der Waals surface area contributed by atoms with Crippen LogP contribution >= 0.6 is 11.6 Å². The lowest BCUT2D eigenvalue weighted by atomic mass is 10.2. The molecular formula is C18H20ClFN2O3S. The summed E-state index contributed by atoms with van der Waals surface area (Å²) in [7, 11) is -3.97. The minimum Gasteiger partial charge on any atom is -0.374 e. The van der Waals surface area contributed by atoms with E-state index in [9.17, 15) is 12.8 Å². The van der Waals surface area contributed by atoms with E-state index in [0.29, 0.717) is 13.2 Å². The number of hydrogen-bond acceptors (Lipinski definition) is 4. The van der Waals surface area contributed by atoms with Gasteiger partial charge in [0.25, 0.3) is 0 Å². The number of halogens is 2. The molecule has 0 amide bonds. The van der Waals surface area contributed by atoms with Gasteiger partial charge in [0.2, 0.25) is 10.0 Å². The van der Waals surface area contributed by atoms with Crippen molar-refractivity contribution in [3.8, 4) is 0 Å². The van der Waals surface area contributed by atoms with Crippen LogP contribution in [0.25, 0.3) is 0 Å². The van der Waals surface area contributed by atoms with Crippen molar-refractivity contribution in [3.05, 3.63) is 64.9 Å². The fourth-order valence-electron chi connectivity index (χ4n) is 2.86. The minimum atomic E-state index is -3.97. The topological polar surface area (TPSA) is 58.6 Å². The highest BCUT2D eigenvalue weighted by molar-refractivity contribution is 7.89. The number of nitrogens with zero attached hydrogens (tertiary/aromatic N) is 1. The molecule has 0 aromatic heterocycles. The third kappa shape index (κ3) is 5.02. The monoisotopic (exact) mass is 398 g/mol. The molecule has 140 valence electrons. The van der Waals surface area contributed by atoms with Crippen LogP contribution in [0, 0.1) is 5.82 Å². The highest BCUT2D eigenvalue weighted by Crippen LogP contribution is 2.19. The third-order valence-corrected chi connectivity index (χ3v) is 5.85. The first-order valence-corrected chi connectivity index (χ1v) is 10.1. The van der Waals surface area contributed by atoms with Gasteiger partial charge in [0, 0.05) is 31.2 Å². The zero-order valence-electron chi connectivity index (χ0n) is 14.1. The molecule has 1 fully saturated rings. The molecule has 1 unspecified atom stereocenters. The van der Waals surface area contributed by atoms with E-state index in [1.807, 2.05) is 18.2 Å². The quantitative estimate of drug-likeness (QED) is 0.812. The Morgan fingerprint density at radius 1 is 1.23 bits per heavy atom. The third-order valence-electron chi connectivity index (χ3n) is 4.16. The zero-order valence-corrected chi connectivity index (χ0v) is 15.6. The van der Waals surface area contributed by atoms with Crippen LogP contribution in [0.5, 0.6) is 0 Å². The van der Waals surface area contributed by atoms with Crippen molar-refractivity contribution in [2.24, 2.45) is 0 Å². The van der Waals surface area contributed by atoms with E-state index in [-0.39, 0.29) is 17.7 Å². The van der Waals surface area contributed by atoms with Gasteiger partial charge >= 0.3 is 0 Å². The molecule has 8 heteroatoms. The highest BCUT2D eigenvalue weighted by Gasteiger charge is 2.24. The van der Waals surface area contributed by atoms with Crippen molar-refractivity contribution in [2.45, 2.75) is 17.5 Å². The Morgan fingerprint density at radius 3 is 2.73 bits per heavy atom. The SMILES string of the molecule is O=S(=O)(NCC1CN(Cc2ccccc2)CCO1)c1ccc(Cl)cc1F. The van der Waals surface area contributed by atoms with Gasteiger partial charge in [0.15, 0.2) is 0 Å². The Kier molecular flexibility index (Phi) is 6.26. The number of ether oxygens (including phenoxy) is 1. The lowest BCUT2D eigenvalue weighted by molar-refractivity contribution is -0.0276. The summed E-state index contributed by atoms with van der Waals surface area (Å²) >= 11 is 5.67. The van der Waals surface area contributed by atoms with Crippen LogP contribution in [0.15, 0.2) is 53.4 Å². The largest absolute Gasteiger partial charge is 0.374 e. The molecule has 0 spiro atoms. The van der Waals surface area contributed by atoms with Gasteiger partial charge in [0.05, 0.1) is 12.7 Å². The second kappa shape index (κ2) is 8.45. The summed E-state index contributed by atoms with van der Waals surface area (Å²) in [5, 5.41) is 0.147. The molecule has 2 aromatic carbocycles. The predicted octanol–water partition coefficient (Wildman–Crippen LogP) is 2.66. The van der Waals surface area contributed by atoms with Crippen molar-refractivity contribution < 1.29 is 17.5 Å². The minimum absolute atomic E-state index is 0.0791. The van der Waals surface area contributed by atoms with E-state index in [0.717, 1.165) is 25.2 Å². The Bertz CT molecular complexity index is 849. The predicted molar refractivity (Wildman–Crippen MR) is 98.1 cm³/mol. The van der Waals surface area contributed by atoms with Gasteiger partial charge in [-0.1, -0.05) is 41.9 Å². The average molecular weight is 399 g/mol. The standard InChI is InChI=1S/C18H20ClFN2O3S/c19-15-6-7-18(17(20)10-15)26(23,24)21-11-16-13-22(8-9-25-16)12-14-4-2-1-3-5-14/h1-7,10,16,21H,8-9,11-13H2. The maximum absolute atomic E-state index is 13.9. The van der Waals surface area contributed by atoms with E-state index in [1.165, 1.54) is 11.6 Å². The van der Waals surface area contributed by atoms with Crippen LogP contribution in [-0.2, 0) is 21.3 Å². The molecule has 1 N–H and O–H groups in total. The second-order valence-corrected chi connectivity index (χ2v) is 8.31. The lowest BCUT2D eigenvalue weighted by Gasteiger charge is -2.33. The number of hydrogen-bond donors (Lipinski definition) is 1. The van der Waals surface area contributed by atoms with Crippen molar-refractivity contribution in [1.29, 1.82) is 0 Å². The van der Waals surface area contributed by atoms with Gasteiger partial charge in [-0.05, 0) is 23.8 Å². The summed E-state index contributed by atoms with van der Waals surface area (Å²) in [4.78, 5) is 1.79. The van der Waals surface area contributed by atoms with Crippen LogP contribution in [0.3, 0.4) is 0 Å². The smallest absolute Gasteiger partial charge is 0.243 e.